The van der Waals surface area contributed by atoms with Crippen LogP contribution >= 0.6 is 23.1 Å². The van der Waals surface area contributed by atoms with Crippen LogP contribution in [0.15, 0.2) is 58.3 Å². The summed E-state index contributed by atoms with van der Waals surface area (Å²) in [6.45, 7) is 4.14. The van der Waals surface area contributed by atoms with E-state index in [4.69, 9.17) is 4.74 Å². The summed E-state index contributed by atoms with van der Waals surface area (Å²) in [6.07, 6.45) is 0. The molecule has 2 aromatic carbocycles. The number of rotatable bonds is 7. The van der Waals surface area contributed by atoms with E-state index in [1.165, 1.54) is 28.7 Å². The van der Waals surface area contributed by atoms with Gasteiger partial charge in [0.05, 0.1) is 23.6 Å². The monoisotopic (exact) mass is 412 g/mol. The Kier molecular flexibility index (Phi) is 6.84. The fraction of sp³-hybridized carbons (Fsp3) is 0.190. The molecule has 1 aromatic heterocycles. The Hall–Kier alpha value is -2.64. The molecule has 0 saturated carbocycles. The molecule has 0 aliphatic carbocycles. The number of aromatic nitrogens is 1. The van der Waals surface area contributed by atoms with E-state index in [1.807, 2.05) is 17.5 Å². The second-order valence-corrected chi connectivity index (χ2v) is 8.08. The van der Waals surface area contributed by atoms with Gasteiger partial charge in [0.2, 0.25) is 5.91 Å². The van der Waals surface area contributed by atoms with Gasteiger partial charge in [-0.3, -0.25) is 4.79 Å². The fourth-order valence-electron chi connectivity index (χ4n) is 2.41. The van der Waals surface area contributed by atoms with Crippen molar-refractivity contribution in [3.05, 3.63) is 65.0 Å². The van der Waals surface area contributed by atoms with Crippen LogP contribution in [0.2, 0.25) is 0 Å². The first-order valence-electron chi connectivity index (χ1n) is 8.77. The molecule has 0 radical (unpaired) electrons. The van der Waals surface area contributed by atoms with E-state index < -0.39 is 0 Å². The molecule has 3 aromatic rings. The molecule has 0 atom stereocenters. The molecular weight excluding hydrogens is 392 g/mol. The zero-order valence-electron chi connectivity index (χ0n) is 15.6. The van der Waals surface area contributed by atoms with E-state index in [0.717, 1.165) is 15.6 Å². The van der Waals surface area contributed by atoms with Gasteiger partial charge < -0.3 is 10.1 Å². The summed E-state index contributed by atoms with van der Waals surface area (Å²) < 4.78 is 5.79. The number of carbonyl (C=O) groups is 2. The third kappa shape index (κ3) is 5.43. The zero-order valence-corrected chi connectivity index (χ0v) is 17.2. The van der Waals surface area contributed by atoms with Crippen molar-refractivity contribution < 1.29 is 14.3 Å². The molecule has 7 heteroatoms. The van der Waals surface area contributed by atoms with E-state index in [2.05, 4.69) is 29.4 Å². The Labute approximate surface area is 172 Å². The van der Waals surface area contributed by atoms with Gasteiger partial charge in [0.25, 0.3) is 0 Å². The highest BCUT2D eigenvalue weighted by Gasteiger charge is 2.10. The number of esters is 1. The molecule has 3 rings (SSSR count). The number of benzene rings is 2. The molecule has 0 saturated heterocycles. The van der Waals surface area contributed by atoms with Crippen LogP contribution in [-0.4, -0.2) is 29.2 Å². The van der Waals surface area contributed by atoms with Crippen molar-refractivity contribution in [2.75, 3.05) is 17.7 Å². The van der Waals surface area contributed by atoms with E-state index >= 15 is 0 Å². The van der Waals surface area contributed by atoms with Crippen molar-refractivity contribution in [1.29, 1.82) is 0 Å². The second kappa shape index (κ2) is 9.52. The minimum Gasteiger partial charge on any atom is -0.462 e. The summed E-state index contributed by atoms with van der Waals surface area (Å²) in [6, 6.07) is 14.9. The molecule has 0 aliphatic heterocycles. The van der Waals surface area contributed by atoms with Gasteiger partial charge in [-0.25, -0.2) is 9.78 Å². The Morgan fingerprint density at radius 3 is 2.50 bits per heavy atom. The standard InChI is InChI=1S/C21H20N2O3S2/c1-3-26-20(25)16-8-10-17(11-9-16)22-19(24)13-28-21-23-18(12-27-21)15-6-4-14(2)5-7-15/h4-12H,3,13H2,1-2H3,(H,22,24). The van der Waals surface area contributed by atoms with Crippen LogP contribution in [0.4, 0.5) is 5.69 Å². The van der Waals surface area contributed by atoms with E-state index in [1.54, 1.807) is 31.2 Å². The van der Waals surface area contributed by atoms with Crippen LogP contribution in [-0.2, 0) is 9.53 Å². The fourth-order valence-corrected chi connectivity index (χ4v) is 4.04. The minimum atomic E-state index is -0.371. The van der Waals surface area contributed by atoms with E-state index in [9.17, 15) is 9.59 Å². The van der Waals surface area contributed by atoms with Crippen LogP contribution in [0, 0.1) is 6.92 Å². The highest BCUT2D eigenvalue weighted by atomic mass is 32.2. The Morgan fingerprint density at radius 2 is 1.82 bits per heavy atom. The van der Waals surface area contributed by atoms with Gasteiger partial charge in [-0.05, 0) is 38.1 Å². The third-order valence-corrected chi connectivity index (χ3v) is 5.86. The molecule has 5 nitrogen and oxygen atoms in total. The largest absolute Gasteiger partial charge is 0.462 e. The molecule has 1 N–H and O–H groups in total. The van der Waals surface area contributed by atoms with Crippen molar-refractivity contribution in [2.45, 2.75) is 18.2 Å². The van der Waals surface area contributed by atoms with Gasteiger partial charge in [-0.15, -0.1) is 11.3 Å². The number of hydrogen-bond acceptors (Lipinski definition) is 6. The average Bonchev–Trinajstić information content (AvgIpc) is 3.17. The van der Waals surface area contributed by atoms with Gasteiger partial charge in [0.15, 0.2) is 4.34 Å². The summed E-state index contributed by atoms with van der Waals surface area (Å²) in [5, 5.41) is 4.82. The number of ether oxygens (including phenoxy) is 1. The maximum absolute atomic E-state index is 12.2. The number of aryl methyl sites for hydroxylation is 1. The first-order chi connectivity index (χ1) is 13.5. The number of thioether (sulfide) groups is 1. The number of nitrogens with one attached hydrogen (secondary N) is 1. The molecule has 0 bridgehead atoms. The molecule has 28 heavy (non-hydrogen) atoms. The van der Waals surface area contributed by atoms with Crippen LogP contribution in [0.5, 0.6) is 0 Å². The first kappa shape index (κ1) is 20.1. The van der Waals surface area contributed by atoms with Gasteiger partial charge in [-0.1, -0.05) is 41.6 Å². The van der Waals surface area contributed by atoms with Crippen LogP contribution < -0.4 is 5.32 Å². The third-order valence-electron chi connectivity index (χ3n) is 3.84. The summed E-state index contributed by atoms with van der Waals surface area (Å²) in [5.74, 6) is -0.231. The Balaban J connectivity index is 1.52. The summed E-state index contributed by atoms with van der Waals surface area (Å²) in [7, 11) is 0. The SMILES string of the molecule is CCOC(=O)c1ccc(NC(=O)CSc2nc(-c3ccc(C)cc3)cs2)cc1. The second-order valence-electron chi connectivity index (χ2n) is 6.00. The molecule has 1 amide bonds. The lowest BCUT2D eigenvalue weighted by Gasteiger charge is -2.06. The minimum absolute atomic E-state index is 0.124. The summed E-state index contributed by atoms with van der Waals surface area (Å²) in [4.78, 5) is 28.4. The average molecular weight is 413 g/mol. The number of thiazole rings is 1. The van der Waals surface area contributed by atoms with Crippen molar-refractivity contribution in [3.63, 3.8) is 0 Å². The topological polar surface area (TPSA) is 68.3 Å². The van der Waals surface area contributed by atoms with Crippen LogP contribution in [0.25, 0.3) is 11.3 Å². The van der Waals surface area contributed by atoms with Crippen molar-refractivity contribution in [3.8, 4) is 11.3 Å². The lowest BCUT2D eigenvalue weighted by molar-refractivity contribution is -0.113. The molecule has 1 heterocycles. The van der Waals surface area contributed by atoms with Gasteiger partial charge in [0.1, 0.15) is 0 Å². The molecule has 0 fully saturated rings. The highest BCUT2D eigenvalue weighted by Crippen LogP contribution is 2.28. The number of carbonyl (C=O) groups excluding carboxylic acids is 2. The molecule has 144 valence electrons. The van der Waals surface area contributed by atoms with Crippen LogP contribution in [0.1, 0.15) is 22.8 Å². The smallest absolute Gasteiger partial charge is 0.338 e. The van der Waals surface area contributed by atoms with E-state index in [-0.39, 0.29) is 17.6 Å². The quantitative estimate of drug-likeness (QED) is 0.436. The molecular formula is C21H20N2O3S2. The summed E-state index contributed by atoms with van der Waals surface area (Å²) >= 11 is 2.93. The lowest BCUT2D eigenvalue weighted by atomic mass is 10.1. The van der Waals surface area contributed by atoms with E-state index in [0.29, 0.717) is 17.9 Å². The maximum atomic E-state index is 12.2. The lowest BCUT2D eigenvalue weighted by Crippen LogP contribution is -2.14. The number of amides is 1. The predicted molar refractivity (Wildman–Crippen MR) is 114 cm³/mol. The van der Waals surface area contributed by atoms with Gasteiger partial charge in [-0.2, -0.15) is 0 Å². The molecule has 0 spiro atoms. The highest BCUT2D eigenvalue weighted by molar-refractivity contribution is 8.01. The maximum Gasteiger partial charge on any atom is 0.338 e. The summed E-state index contributed by atoms with van der Waals surface area (Å²) in [5.41, 5.74) is 4.29. The predicted octanol–water partition coefficient (Wildman–Crippen LogP) is 5.03. The van der Waals surface area contributed by atoms with Gasteiger partial charge in [0, 0.05) is 16.6 Å². The number of anilines is 1. The Bertz CT molecular complexity index is 951. The number of hydrogen-bond donors (Lipinski definition) is 1. The Morgan fingerprint density at radius 1 is 1.11 bits per heavy atom. The number of nitrogens with zero attached hydrogens (tertiary/aromatic N) is 1. The normalized spacial score (nSPS) is 10.5. The first-order valence-corrected chi connectivity index (χ1v) is 10.6. The van der Waals surface area contributed by atoms with Crippen molar-refractivity contribution >= 4 is 40.7 Å². The van der Waals surface area contributed by atoms with Crippen LogP contribution in [0.3, 0.4) is 0 Å². The molecule has 0 unspecified atom stereocenters. The zero-order chi connectivity index (χ0) is 19.9. The van der Waals surface area contributed by atoms with Crippen molar-refractivity contribution in [2.24, 2.45) is 0 Å². The van der Waals surface area contributed by atoms with Gasteiger partial charge >= 0.3 is 5.97 Å². The van der Waals surface area contributed by atoms with Crippen molar-refractivity contribution in [1.82, 2.24) is 4.98 Å². The molecule has 0 aliphatic rings.